The minimum Gasteiger partial charge on any atom is -0.399 e. The highest BCUT2D eigenvalue weighted by Gasteiger charge is 2.59. The van der Waals surface area contributed by atoms with Gasteiger partial charge in [-0.2, -0.15) is 5.10 Å². The van der Waals surface area contributed by atoms with E-state index in [9.17, 15) is 4.79 Å². The van der Waals surface area contributed by atoms with Crippen LogP contribution in [0.15, 0.2) is 17.8 Å². The average Bonchev–Trinajstić information content (AvgIpc) is 2.96. The molecule has 0 aromatic carbocycles. The highest BCUT2D eigenvalue weighted by molar-refractivity contribution is 5.95. The summed E-state index contributed by atoms with van der Waals surface area (Å²) in [6.45, 7) is 5.54. The third-order valence-corrected chi connectivity index (χ3v) is 6.68. The molecule has 2 saturated heterocycles. The van der Waals surface area contributed by atoms with Gasteiger partial charge in [0.25, 0.3) is 5.91 Å². The average molecular weight is 355 g/mol. The second kappa shape index (κ2) is 6.58. The zero-order valence-electron chi connectivity index (χ0n) is 15.6. The lowest BCUT2D eigenvalue weighted by Gasteiger charge is -2.58. The first kappa shape index (κ1) is 17.3. The fourth-order valence-corrected chi connectivity index (χ4v) is 5.07. The molecular weight excluding hydrogens is 326 g/mol. The Morgan fingerprint density at radius 1 is 1.35 bits per heavy atom. The second-order valence-corrected chi connectivity index (χ2v) is 7.84. The number of nitrogens with two attached hydrogens (primary N) is 2. The summed E-state index contributed by atoms with van der Waals surface area (Å²) >= 11 is 0. The van der Waals surface area contributed by atoms with E-state index in [0.717, 1.165) is 35.6 Å². The molecule has 26 heavy (non-hydrogen) atoms. The third-order valence-electron chi connectivity index (χ3n) is 6.68. The molecular formula is C20H29N5O. The van der Waals surface area contributed by atoms with Crippen LogP contribution in [0.4, 0.5) is 0 Å². The van der Waals surface area contributed by atoms with Crippen molar-refractivity contribution in [1.82, 2.24) is 14.7 Å². The van der Waals surface area contributed by atoms with Crippen LogP contribution in [-0.4, -0.2) is 39.2 Å². The Hall–Kier alpha value is -2.08. The molecule has 1 saturated carbocycles. The molecule has 2 aliphatic carbocycles. The van der Waals surface area contributed by atoms with E-state index in [1.54, 1.807) is 6.08 Å². The first-order valence-electron chi connectivity index (χ1n) is 9.83. The van der Waals surface area contributed by atoms with Crippen LogP contribution in [0.3, 0.4) is 0 Å². The number of aryl methyl sites for hydroxylation is 1. The van der Waals surface area contributed by atoms with Gasteiger partial charge in [-0.15, -0.1) is 0 Å². The Morgan fingerprint density at radius 3 is 2.73 bits per heavy atom. The van der Waals surface area contributed by atoms with Crippen molar-refractivity contribution in [3.8, 4) is 0 Å². The molecule has 1 aromatic rings. The zero-order valence-corrected chi connectivity index (χ0v) is 15.6. The van der Waals surface area contributed by atoms with Crippen molar-refractivity contribution in [2.45, 2.75) is 57.5 Å². The van der Waals surface area contributed by atoms with Crippen LogP contribution < -0.4 is 11.5 Å². The van der Waals surface area contributed by atoms with Gasteiger partial charge in [-0.05, 0) is 70.1 Å². The standard InChI is InChI=1S/C12H16N4O.C8H13N/c1-2-16-10-6-4-3-5-8(13)7-9(10)11(15-16)12(14)17;1-3-8-4-6-9(8)5-2-7(1)8/h3,5,7H,2,4,6,13H2,1H3,(H2,14,17);7H,1-6H2/b5-3-,8-7+;. The van der Waals surface area contributed by atoms with Gasteiger partial charge in [0.15, 0.2) is 5.69 Å². The quantitative estimate of drug-likeness (QED) is 0.849. The molecule has 3 fully saturated rings. The number of hydrogen-bond acceptors (Lipinski definition) is 4. The number of primary amides is 1. The number of amides is 1. The lowest BCUT2D eigenvalue weighted by Crippen LogP contribution is -2.63. The van der Waals surface area contributed by atoms with Crippen LogP contribution >= 0.6 is 0 Å². The van der Waals surface area contributed by atoms with Crippen molar-refractivity contribution in [3.63, 3.8) is 0 Å². The number of fused-ring (bicyclic) bond motifs is 1. The van der Waals surface area contributed by atoms with Gasteiger partial charge >= 0.3 is 0 Å². The first-order valence-corrected chi connectivity index (χ1v) is 9.83. The van der Waals surface area contributed by atoms with Crippen LogP contribution in [0.1, 0.15) is 60.8 Å². The SMILES string of the molecule is C1CN2CCC23CCC13.CCn1nc(C(N)=O)c2c1CC/C=C\C(N)=C/2. The predicted octanol–water partition coefficient (Wildman–Crippen LogP) is 2.05. The van der Waals surface area contributed by atoms with Crippen LogP contribution in [0, 0.1) is 5.92 Å². The molecule has 0 radical (unpaired) electrons. The highest BCUT2D eigenvalue weighted by Crippen LogP contribution is 2.57. The maximum absolute atomic E-state index is 11.4. The monoisotopic (exact) mass is 355 g/mol. The Morgan fingerprint density at radius 2 is 2.19 bits per heavy atom. The largest absolute Gasteiger partial charge is 0.399 e. The molecule has 2 atom stereocenters. The molecule has 4 N–H and O–H groups in total. The van der Waals surface area contributed by atoms with E-state index in [-0.39, 0.29) is 0 Å². The van der Waals surface area contributed by atoms with E-state index in [2.05, 4.69) is 10.00 Å². The number of carbonyl (C=O) groups is 1. The van der Waals surface area contributed by atoms with Crippen molar-refractivity contribution < 1.29 is 4.79 Å². The Kier molecular flexibility index (Phi) is 4.39. The van der Waals surface area contributed by atoms with E-state index in [0.29, 0.717) is 17.9 Å². The molecule has 6 nitrogen and oxygen atoms in total. The number of rotatable bonds is 2. The van der Waals surface area contributed by atoms with Gasteiger partial charge in [-0.3, -0.25) is 14.4 Å². The van der Waals surface area contributed by atoms with Crippen LogP contribution in [0.5, 0.6) is 0 Å². The molecule has 0 bridgehead atoms. The molecule has 3 heterocycles. The van der Waals surface area contributed by atoms with Gasteiger partial charge in [-0.25, -0.2) is 0 Å². The molecule has 4 aliphatic rings. The van der Waals surface area contributed by atoms with Gasteiger partial charge in [0.05, 0.1) is 0 Å². The molecule has 1 spiro atoms. The predicted molar refractivity (Wildman–Crippen MR) is 102 cm³/mol. The van der Waals surface area contributed by atoms with Gasteiger partial charge in [0.2, 0.25) is 0 Å². The third kappa shape index (κ3) is 2.67. The van der Waals surface area contributed by atoms with Crippen molar-refractivity contribution in [2.75, 3.05) is 13.1 Å². The summed E-state index contributed by atoms with van der Waals surface area (Å²) in [5.41, 5.74) is 14.7. The molecule has 5 rings (SSSR count). The van der Waals surface area contributed by atoms with Crippen molar-refractivity contribution in [2.24, 2.45) is 17.4 Å². The van der Waals surface area contributed by atoms with Gasteiger partial charge in [-0.1, -0.05) is 6.08 Å². The summed E-state index contributed by atoms with van der Waals surface area (Å²) in [4.78, 5) is 14.1. The first-order chi connectivity index (χ1) is 12.5. The number of hydrogen-bond donors (Lipinski definition) is 2. The molecule has 2 aliphatic heterocycles. The number of nitrogens with zero attached hydrogens (tertiary/aromatic N) is 3. The van der Waals surface area contributed by atoms with Gasteiger partial charge in [0, 0.05) is 35.6 Å². The Bertz CT molecular complexity index is 757. The number of aromatic nitrogens is 2. The van der Waals surface area contributed by atoms with E-state index >= 15 is 0 Å². The normalized spacial score (nSPS) is 32.0. The summed E-state index contributed by atoms with van der Waals surface area (Å²) < 4.78 is 1.82. The summed E-state index contributed by atoms with van der Waals surface area (Å²) in [5.74, 6) is 0.619. The Balaban J connectivity index is 0.000000154. The summed E-state index contributed by atoms with van der Waals surface area (Å²) in [5, 5.41) is 4.24. The molecule has 140 valence electrons. The van der Waals surface area contributed by atoms with E-state index in [1.807, 2.05) is 23.8 Å². The molecule has 1 aromatic heterocycles. The maximum atomic E-state index is 11.4. The topological polar surface area (TPSA) is 90.2 Å². The fraction of sp³-hybridized carbons (Fsp3) is 0.600. The fourth-order valence-electron chi connectivity index (χ4n) is 5.07. The zero-order chi connectivity index (χ0) is 18.3. The molecule has 1 amide bonds. The van der Waals surface area contributed by atoms with Crippen molar-refractivity contribution in [1.29, 1.82) is 0 Å². The van der Waals surface area contributed by atoms with Crippen LogP contribution in [0.25, 0.3) is 6.08 Å². The van der Waals surface area contributed by atoms with Gasteiger partial charge < -0.3 is 11.5 Å². The number of carbonyl (C=O) groups excluding carboxylic acids is 1. The summed E-state index contributed by atoms with van der Waals surface area (Å²) in [6, 6.07) is 0. The second-order valence-electron chi connectivity index (χ2n) is 7.84. The van der Waals surface area contributed by atoms with E-state index in [4.69, 9.17) is 11.5 Å². The Labute approximate surface area is 154 Å². The number of allylic oxidation sites excluding steroid dienone is 2. The lowest BCUT2D eigenvalue weighted by atomic mass is 9.62. The van der Waals surface area contributed by atoms with Crippen molar-refractivity contribution >= 4 is 12.0 Å². The minimum absolute atomic E-state index is 0.306. The highest BCUT2D eigenvalue weighted by atomic mass is 16.1. The summed E-state index contributed by atoms with van der Waals surface area (Å²) in [7, 11) is 0. The molecule has 6 heteroatoms. The van der Waals surface area contributed by atoms with E-state index in [1.165, 1.54) is 38.8 Å². The van der Waals surface area contributed by atoms with E-state index < -0.39 is 5.91 Å². The van der Waals surface area contributed by atoms with Crippen LogP contribution in [-0.2, 0) is 13.0 Å². The van der Waals surface area contributed by atoms with Crippen LogP contribution in [0.2, 0.25) is 0 Å². The summed E-state index contributed by atoms with van der Waals surface area (Å²) in [6.07, 6.45) is 13.5. The molecule has 2 unspecified atom stereocenters. The van der Waals surface area contributed by atoms with Gasteiger partial charge in [0.1, 0.15) is 0 Å². The maximum Gasteiger partial charge on any atom is 0.269 e. The minimum atomic E-state index is -0.512. The van der Waals surface area contributed by atoms with Crippen molar-refractivity contribution in [3.05, 3.63) is 34.8 Å². The smallest absolute Gasteiger partial charge is 0.269 e. The lowest BCUT2D eigenvalue weighted by molar-refractivity contribution is -0.0659.